The number of fused-ring (bicyclic) bond motifs is 1. The SMILES string of the molecule is COc1nn(C)cc1C(=O)NC[C@]1(O)CCc2ccccc2C1. The zero-order chi connectivity index (χ0) is 16.4. The largest absolute Gasteiger partial charge is 0.479 e. The Morgan fingerprint density at radius 3 is 2.91 bits per heavy atom. The van der Waals surface area contributed by atoms with Crippen molar-refractivity contribution in [3.05, 3.63) is 47.2 Å². The molecular formula is C17H21N3O3. The zero-order valence-corrected chi connectivity index (χ0v) is 13.4. The number of carbonyl (C=O) groups excluding carboxylic acids is 1. The Morgan fingerprint density at radius 2 is 2.17 bits per heavy atom. The average Bonchev–Trinajstić information content (AvgIpc) is 2.93. The minimum absolute atomic E-state index is 0.207. The van der Waals surface area contributed by atoms with Crippen molar-refractivity contribution in [2.75, 3.05) is 13.7 Å². The van der Waals surface area contributed by atoms with Crippen molar-refractivity contribution >= 4 is 5.91 Å². The molecule has 0 bridgehead atoms. The van der Waals surface area contributed by atoms with Gasteiger partial charge in [-0.2, -0.15) is 0 Å². The summed E-state index contributed by atoms with van der Waals surface area (Å²) >= 11 is 0. The molecule has 2 aromatic rings. The van der Waals surface area contributed by atoms with E-state index in [1.807, 2.05) is 18.2 Å². The number of aryl methyl sites for hydroxylation is 2. The lowest BCUT2D eigenvalue weighted by Gasteiger charge is -2.33. The van der Waals surface area contributed by atoms with E-state index in [2.05, 4.69) is 16.5 Å². The van der Waals surface area contributed by atoms with Crippen molar-refractivity contribution in [1.82, 2.24) is 15.1 Å². The number of methoxy groups -OCH3 is 1. The van der Waals surface area contributed by atoms with Crippen molar-refractivity contribution in [2.24, 2.45) is 7.05 Å². The smallest absolute Gasteiger partial charge is 0.258 e. The Labute approximate surface area is 135 Å². The van der Waals surface area contributed by atoms with Crippen molar-refractivity contribution in [2.45, 2.75) is 24.9 Å². The number of rotatable bonds is 4. The van der Waals surface area contributed by atoms with Gasteiger partial charge in [-0.05, 0) is 24.0 Å². The van der Waals surface area contributed by atoms with Gasteiger partial charge >= 0.3 is 0 Å². The molecule has 6 nitrogen and oxygen atoms in total. The number of hydrogen-bond acceptors (Lipinski definition) is 4. The van der Waals surface area contributed by atoms with Crippen LogP contribution in [0.4, 0.5) is 0 Å². The van der Waals surface area contributed by atoms with Gasteiger partial charge < -0.3 is 15.2 Å². The molecular weight excluding hydrogens is 294 g/mol. The highest BCUT2D eigenvalue weighted by Gasteiger charge is 2.32. The number of aliphatic hydroxyl groups is 1. The summed E-state index contributed by atoms with van der Waals surface area (Å²) in [6.07, 6.45) is 3.61. The molecule has 1 atom stereocenters. The van der Waals surface area contributed by atoms with Crippen LogP contribution in [0.2, 0.25) is 0 Å². The molecule has 2 N–H and O–H groups in total. The maximum Gasteiger partial charge on any atom is 0.258 e. The summed E-state index contributed by atoms with van der Waals surface area (Å²) in [5.74, 6) is -0.00628. The van der Waals surface area contributed by atoms with E-state index in [1.54, 1.807) is 13.2 Å². The van der Waals surface area contributed by atoms with Crippen LogP contribution in [-0.2, 0) is 19.9 Å². The van der Waals surface area contributed by atoms with Crippen molar-refractivity contribution in [3.63, 3.8) is 0 Å². The minimum Gasteiger partial charge on any atom is -0.479 e. The third kappa shape index (κ3) is 3.22. The number of ether oxygens (including phenoxy) is 1. The van der Waals surface area contributed by atoms with Gasteiger partial charge in [0, 0.05) is 26.2 Å². The van der Waals surface area contributed by atoms with Crippen LogP contribution in [0, 0.1) is 0 Å². The predicted molar refractivity (Wildman–Crippen MR) is 85.5 cm³/mol. The summed E-state index contributed by atoms with van der Waals surface area (Å²) in [7, 11) is 3.20. The predicted octanol–water partition coefficient (Wildman–Crippen LogP) is 1.08. The first kappa shape index (κ1) is 15.6. The molecule has 3 rings (SSSR count). The molecule has 1 aromatic heterocycles. The minimum atomic E-state index is -0.917. The number of aromatic nitrogens is 2. The molecule has 1 aromatic carbocycles. The van der Waals surface area contributed by atoms with Gasteiger partial charge in [-0.25, -0.2) is 0 Å². The summed E-state index contributed by atoms with van der Waals surface area (Å²) < 4.78 is 6.62. The molecule has 6 heteroatoms. The quantitative estimate of drug-likeness (QED) is 0.885. The van der Waals surface area contributed by atoms with Crippen LogP contribution in [0.25, 0.3) is 0 Å². The second kappa shape index (κ2) is 6.04. The lowest BCUT2D eigenvalue weighted by molar-refractivity contribution is 0.0259. The number of benzene rings is 1. The fourth-order valence-electron chi connectivity index (χ4n) is 3.05. The maximum absolute atomic E-state index is 12.3. The van der Waals surface area contributed by atoms with E-state index in [0.29, 0.717) is 18.4 Å². The van der Waals surface area contributed by atoms with E-state index in [4.69, 9.17) is 4.74 Å². The van der Waals surface area contributed by atoms with Crippen molar-refractivity contribution in [3.8, 4) is 5.88 Å². The van der Waals surface area contributed by atoms with Gasteiger partial charge in [-0.3, -0.25) is 9.48 Å². The molecule has 0 fully saturated rings. The maximum atomic E-state index is 12.3. The average molecular weight is 315 g/mol. The first-order chi connectivity index (χ1) is 11.0. The highest BCUT2D eigenvalue weighted by molar-refractivity contribution is 5.96. The second-order valence-corrected chi connectivity index (χ2v) is 6.08. The van der Waals surface area contributed by atoms with Crippen LogP contribution in [-0.4, -0.2) is 40.0 Å². The van der Waals surface area contributed by atoms with Gasteiger partial charge in [0.25, 0.3) is 5.91 Å². The van der Waals surface area contributed by atoms with Gasteiger partial charge in [0.1, 0.15) is 5.56 Å². The van der Waals surface area contributed by atoms with Crippen LogP contribution < -0.4 is 10.1 Å². The van der Waals surface area contributed by atoms with Crippen LogP contribution in [0.5, 0.6) is 5.88 Å². The van der Waals surface area contributed by atoms with Crippen LogP contribution in [0.3, 0.4) is 0 Å². The van der Waals surface area contributed by atoms with Crippen LogP contribution in [0.1, 0.15) is 27.9 Å². The number of amides is 1. The fraction of sp³-hybridized carbons (Fsp3) is 0.412. The van der Waals surface area contributed by atoms with Gasteiger partial charge in [-0.1, -0.05) is 24.3 Å². The third-order valence-electron chi connectivity index (χ3n) is 4.31. The summed E-state index contributed by atoms with van der Waals surface area (Å²) in [5.41, 5.74) is 1.88. The van der Waals surface area contributed by atoms with E-state index in [0.717, 1.165) is 12.0 Å². The number of nitrogens with zero attached hydrogens (tertiary/aromatic N) is 2. The zero-order valence-electron chi connectivity index (χ0n) is 13.4. The van der Waals surface area contributed by atoms with Crippen molar-refractivity contribution < 1.29 is 14.6 Å². The molecule has 0 radical (unpaired) electrons. The van der Waals surface area contributed by atoms with Gasteiger partial charge in [0.05, 0.1) is 12.7 Å². The summed E-state index contributed by atoms with van der Waals surface area (Å²) in [5, 5.41) is 17.6. The molecule has 0 aliphatic heterocycles. The molecule has 1 amide bonds. The lowest BCUT2D eigenvalue weighted by atomic mass is 9.80. The van der Waals surface area contributed by atoms with E-state index in [1.165, 1.54) is 17.4 Å². The standard InChI is InChI=1S/C17H21N3O3/c1-20-10-14(16(19-20)23-2)15(21)18-11-17(22)8-7-12-5-3-4-6-13(12)9-17/h3-6,10,22H,7-9,11H2,1-2H3,(H,18,21)/t17-/m0/s1. The highest BCUT2D eigenvalue weighted by atomic mass is 16.5. The van der Waals surface area contributed by atoms with E-state index < -0.39 is 5.60 Å². The molecule has 0 saturated carbocycles. The molecule has 0 spiro atoms. The van der Waals surface area contributed by atoms with E-state index in [9.17, 15) is 9.90 Å². The monoisotopic (exact) mass is 315 g/mol. The Hall–Kier alpha value is -2.34. The molecule has 0 saturated heterocycles. The first-order valence-corrected chi connectivity index (χ1v) is 7.66. The summed E-state index contributed by atoms with van der Waals surface area (Å²) in [6, 6.07) is 8.11. The van der Waals surface area contributed by atoms with Gasteiger partial charge in [-0.15, -0.1) is 5.10 Å². The summed E-state index contributed by atoms with van der Waals surface area (Å²) in [6.45, 7) is 0.207. The molecule has 0 unspecified atom stereocenters. The van der Waals surface area contributed by atoms with Crippen molar-refractivity contribution in [1.29, 1.82) is 0 Å². The van der Waals surface area contributed by atoms with Gasteiger partial charge in [0.2, 0.25) is 5.88 Å². The Kier molecular flexibility index (Phi) is 4.09. The normalized spacial score (nSPS) is 20.0. The molecule has 122 valence electrons. The fourth-order valence-corrected chi connectivity index (χ4v) is 3.05. The molecule has 23 heavy (non-hydrogen) atoms. The van der Waals surface area contributed by atoms with E-state index in [-0.39, 0.29) is 18.3 Å². The van der Waals surface area contributed by atoms with Gasteiger partial charge in [0.15, 0.2) is 0 Å². The highest BCUT2D eigenvalue weighted by Crippen LogP contribution is 2.28. The summed E-state index contributed by atoms with van der Waals surface area (Å²) in [4.78, 5) is 12.3. The second-order valence-electron chi connectivity index (χ2n) is 6.08. The number of hydrogen-bond donors (Lipinski definition) is 2. The Balaban J connectivity index is 1.67. The number of nitrogens with one attached hydrogen (secondary N) is 1. The topological polar surface area (TPSA) is 76.4 Å². The first-order valence-electron chi connectivity index (χ1n) is 7.66. The third-order valence-corrected chi connectivity index (χ3v) is 4.31. The molecule has 1 heterocycles. The Morgan fingerprint density at radius 1 is 1.43 bits per heavy atom. The molecule has 1 aliphatic rings. The number of carbonyl (C=O) groups is 1. The van der Waals surface area contributed by atoms with Crippen LogP contribution >= 0.6 is 0 Å². The lowest BCUT2D eigenvalue weighted by Crippen LogP contribution is -2.46. The van der Waals surface area contributed by atoms with Crippen LogP contribution in [0.15, 0.2) is 30.5 Å². The Bertz CT molecular complexity index is 726. The molecule has 1 aliphatic carbocycles. The van der Waals surface area contributed by atoms with E-state index >= 15 is 0 Å².